The van der Waals surface area contributed by atoms with Crippen molar-refractivity contribution in [3.8, 4) is 11.4 Å². The predicted molar refractivity (Wildman–Crippen MR) is 102 cm³/mol. The summed E-state index contributed by atoms with van der Waals surface area (Å²) in [5.41, 5.74) is 4.51. The minimum absolute atomic E-state index is 0.349. The molecule has 1 aliphatic rings. The van der Waals surface area contributed by atoms with E-state index in [-0.39, 0.29) is 5.63 Å². The van der Waals surface area contributed by atoms with E-state index in [0.717, 1.165) is 35.8 Å². The molecule has 4 aromatic rings. The van der Waals surface area contributed by atoms with E-state index >= 15 is 0 Å². The predicted octanol–water partition coefficient (Wildman–Crippen LogP) is 3.64. The van der Waals surface area contributed by atoms with Crippen molar-refractivity contribution in [2.24, 2.45) is 0 Å². The van der Waals surface area contributed by atoms with Gasteiger partial charge in [0, 0.05) is 22.0 Å². The Bertz CT molecular complexity index is 1210. The van der Waals surface area contributed by atoms with Crippen LogP contribution in [0.25, 0.3) is 22.4 Å². The summed E-state index contributed by atoms with van der Waals surface area (Å²) < 4.78 is 5.42. The summed E-state index contributed by atoms with van der Waals surface area (Å²) in [5.74, 6) is 0.514. The Labute approximate surface area is 159 Å². The molecule has 0 atom stereocenters. The molecule has 0 unspecified atom stereocenters. The van der Waals surface area contributed by atoms with Gasteiger partial charge in [0.2, 0.25) is 5.82 Å². The van der Waals surface area contributed by atoms with Gasteiger partial charge in [-0.05, 0) is 77.6 Å². The average molecular weight is 379 g/mol. The molecule has 2 heterocycles. The van der Waals surface area contributed by atoms with Crippen LogP contribution in [0.1, 0.15) is 23.1 Å². The molecule has 27 heavy (non-hydrogen) atoms. The van der Waals surface area contributed by atoms with Gasteiger partial charge in [0.05, 0.1) is 6.54 Å². The van der Waals surface area contributed by atoms with Gasteiger partial charge in [-0.1, -0.05) is 11.6 Å². The highest BCUT2D eigenvalue weighted by molar-refractivity contribution is 6.30. The van der Waals surface area contributed by atoms with Crippen molar-refractivity contribution in [3.63, 3.8) is 0 Å². The Kier molecular flexibility index (Phi) is 3.79. The number of halogens is 1. The number of tetrazole rings is 1. The first kappa shape index (κ1) is 16.2. The molecule has 1 aliphatic carbocycles. The second-order valence-corrected chi connectivity index (χ2v) is 7.15. The lowest BCUT2D eigenvalue weighted by molar-refractivity contribution is 0.545. The van der Waals surface area contributed by atoms with Crippen molar-refractivity contribution in [3.05, 3.63) is 74.6 Å². The fourth-order valence-electron chi connectivity index (χ4n) is 3.60. The lowest BCUT2D eigenvalue weighted by Gasteiger charge is -2.07. The summed E-state index contributed by atoms with van der Waals surface area (Å²) in [5, 5.41) is 14.3. The van der Waals surface area contributed by atoms with E-state index in [1.165, 1.54) is 22.0 Å². The van der Waals surface area contributed by atoms with Gasteiger partial charge >= 0.3 is 5.63 Å². The molecule has 0 bridgehead atoms. The third kappa shape index (κ3) is 3.02. The SMILES string of the molecule is O=c1cc(Cn2nnc(-c3ccc(Cl)cc3)n2)c2cc3c(cc2o1)CCC3. The molecule has 134 valence electrons. The van der Waals surface area contributed by atoms with Gasteiger partial charge in [-0.15, -0.1) is 10.2 Å². The maximum absolute atomic E-state index is 12.0. The first-order valence-electron chi connectivity index (χ1n) is 8.78. The van der Waals surface area contributed by atoms with Crippen molar-refractivity contribution in [2.45, 2.75) is 25.8 Å². The smallest absolute Gasteiger partial charge is 0.336 e. The highest BCUT2D eigenvalue weighted by Crippen LogP contribution is 2.28. The van der Waals surface area contributed by atoms with Gasteiger partial charge < -0.3 is 4.42 Å². The normalized spacial score (nSPS) is 13.2. The highest BCUT2D eigenvalue weighted by Gasteiger charge is 2.16. The second kappa shape index (κ2) is 6.32. The lowest BCUT2D eigenvalue weighted by Crippen LogP contribution is -2.08. The first-order valence-corrected chi connectivity index (χ1v) is 9.16. The highest BCUT2D eigenvalue weighted by atomic mass is 35.5. The molecule has 0 saturated carbocycles. The second-order valence-electron chi connectivity index (χ2n) is 6.71. The molecule has 0 aliphatic heterocycles. The maximum atomic E-state index is 12.0. The first-order chi connectivity index (χ1) is 13.2. The standard InChI is InChI=1S/C20H15ClN4O2/c21-16-6-4-12(5-7-16)20-22-24-25(23-20)11-15-10-19(26)27-18-9-14-3-1-2-13(14)8-17(15)18/h4-10H,1-3,11H2. The molecule has 0 fully saturated rings. The molecule has 7 heteroatoms. The summed E-state index contributed by atoms with van der Waals surface area (Å²) >= 11 is 5.92. The van der Waals surface area contributed by atoms with E-state index in [1.807, 2.05) is 18.2 Å². The van der Waals surface area contributed by atoms with Gasteiger partial charge in [0.1, 0.15) is 5.58 Å². The van der Waals surface area contributed by atoms with Crippen LogP contribution in [-0.2, 0) is 19.4 Å². The molecule has 2 aromatic carbocycles. The molecule has 0 saturated heterocycles. The number of benzene rings is 2. The van der Waals surface area contributed by atoms with Crippen LogP contribution < -0.4 is 5.63 Å². The third-order valence-electron chi connectivity index (χ3n) is 4.91. The van der Waals surface area contributed by atoms with Crippen LogP contribution in [0.15, 0.2) is 51.7 Å². The molecular weight excluding hydrogens is 364 g/mol. The molecule has 0 N–H and O–H groups in total. The summed E-state index contributed by atoms with van der Waals surface area (Å²) in [6.45, 7) is 0.349. The van der Waals surface area contributed by atoms with Gasteiger partial charge in [-0.25, -0.2) is 4.79 Å². The van der Waals surface area contributed by atoms with Gasteiger partial charge in [0.15, 0.2) is 0 Å². The number of fused-ring (bicyclic) bond motifs is 2. The molecule has 0 amide bonds. The largest absolute Gasteiger partial charge is 0.423 e. The minimum Gasteiger partial charge on any atom is -0.423 e. The topological polar surface area (TPSA) is 73.8 Å². The minimum atomic E-state index is -0.367. The van der Waals surface area contributed by atoms with E-state index in [1.54, 1.807) is 12.1 Å². The van der Waals surface area contributed by atoms with Crippen LogP contribution in [0.2, 0.25) is 5.02 Å². The van der Waals surface area contributed by atoms with Crippen molar-refractivity contribution in [2.75, 3.05) is 0 Å². The van der Waals surface area contributed by atoms with Gasteiger partial charge in [-0.3, -0.25) is 0 Å². The number of hydrogen-bond acceptors (Lipinski definition) is 5. The van der Waals surface area contributed by atoms with Crippen molar-refractivity contribution in [1.29, 1.82) is 0 Å². The third-order valence-corrected chi connectivity index (χ3v) is 5.16. The number of nitrogens with zero attached hydrogens (tertiary/aromatic N) is 4. The van der Waals surface area contributed by atoms with Gasteiger partial charge in [-0.2, -0.15) is 4.80 Å². The summed E-state index contributed by atoms with van der Waals surface area (Å²) in [6, 6.07) is 12.9. The lowest BCUT2D eigenvalue weighted by atomic mass is 10.0. The molecule has 2 aromatic heterocycles. The van der Waals surface area contributed by atoms with E-state index in [9.17, 15) is 4.79 Å². The monoisotopic (exact) mass is 378 g/mol. The zero-order valence-electron chi connectivity index (χ0n) is 14.4. The Morgan fingerprint density at radius 2 is 1.85 bits per heavy atom. The number of rotatable bonds is 3. The van der Waals surface area contributed by atoms with Gasteiger partial charge in [0.25, 0.3) is 0 Å². The van der Waals surface area contributed by atoms with E-state index in [0.29, 0.717) is 23.0 Å². The van der Waals surface area contributed by atoms with Crippen LogP contribution in [0.3, 0.4) is 0 Å². The van der Waals surface area contributed by atoms with Crippen molar-refractivity contribution < 1.29 is 4.42 Å². The zero-order chi connectivity index (χ0) is 18.4. The fraction of sp³-hybridized carbons (Fsp3) is 0.200. The van der Waals surface area contributed by atoms with Crippen LogP contribution in [0.5, 0.6) is 0 Å². The maximum Gasteiger partial charge on any atom is 0.336 e. The van der Waals surface area contributed by atoms with Crippen molar-refractivity contribution >= 4 is 22.6 Å². The zero-order valence-corrected chi connectivity index (χ0v) is 15.1. The number of aryl methyl sites for hydroxylation is 2. The quantitative estimate of drug-likeness (QED) is 0.509. The van der Waals surface area contributed by atoms with Crippen LogP contribution >= 0.6 is 11.6 Å². The number of hydrogen-bond donors (Lipinski definition) is 0. The molecule has 0 spiro atoms. The van der Waals surface area contributed by atoms with Crippen LogP contribution in [-0.4, -0.2) is 20.2 Å². The van der Waals surface area contributed by atoms with Crippen molar-refractivity contribution in [1.82, 2.24) is 20.2 Å². The molecule has 0 radical (unpaired) electrons. The Morgan fingerprint density at radius 3 is 2.67 bits per heavy atom. The number of aromatic nitrogens is 4. The Morgan fingerprint density at radius 1 is 1.07 bits per heavy atom. The average Bonchev–Trinajstić information content (AvgIpc) is 3.29. The van der Waals surface area contributed by atoms with E-state index in [2.05, 4.69) is 21.5 Å². The Balaban J connectivity index is 1.53. The van der Waals surface area contributed by atoms with E-state index in [4.69, 9.17) is 16.0 Å². The fourth-order valence-corrected chi connectivity index (χ4v) is 3.73. The summed E-state index contributed by atoms with van der Waals surface area (Å²) in [4.78, 5) is 13.5. The van der Waals surface area contributed by atoms with Crippen LogP contribution in [0, 0.1) is 0 Å². The summed E-state index contributed by atoms with van der Waals surface area (Å²) in [7, 11) is 0. The van der Waals surface area contributed by atoms with E-state index < -0.39 is 0 Å². The molecule has 6 nitrogen and oxygen atoms in total. The molecular formula is C20H15ClN4O2. The molecule has 5 rings (SSSR count). The Hall–Kier alpha value is -2.99. The van der Waals surface area contributed by atoms with Crippen LogP contribution in [0.4, 0.5) is 0 Å². The summed E-state index contributed by atoms with van der Waals surface area (Å²) in [6.07, 6.45) is 3.24.